The third kappa shape index (κ3) is 3.71. The lowest BCUT2D eigenvalue weighted by Crippen LogP contribution is -2.27. The minimum absolute atomic E-state index is 0.0316. The molecule has 0 aromatic heterocycles. The summed E-state index contributed by atoms with van der Waals surface area (Å²) in [5.41, 5.74) is 5.21. The number of nitrogens with two attached hydrogens (primary N) is 1. The lowest BCUT2D eigenvalue weighted by molar-refractivity contribution is 0.0996. The van der Waals surface area contributed by atoms with Crippen molar-refractivity contribution in [2.75, 3.05) is 18.5 Å². The number of nitrogens with one attached hydrogen (secondary N) is 1. The fourth-order valence-electron chi connectivity index (χ4n) is 1.22. The van der Waals surface area contributed by atoms with Crippen LogP contribution in [0.2, 0.25) is 0 Å². The largest absolute Gasteiger partial charge is 0.396 e. The van der Waals surface area contributed by atoms with Gasteiger partial charge in [0.25, 0.3) is 5.91 Å². The second-order valence-corrected chi connectivity index (χ2v) is 4.73. The van der Waals surface area contributed by atoms with Gasteiger partial charge < -0.3 is 16.2 Å². The van der Waals surface area contributed by atoms with Gasteiger partial charge in [-0.3, -0.25) is 4.79 Å². The number of anilines is 1. The maximum absolute atomic E-state index is 13.2. The van der Waals surface area contributed by atoms with Gasteiger partial charge in [-0.2, -0.15) is 0 Å². The van der Waals surface area contributed by atoms with Crippen molar-refractivity contribution in [1.82, 2.24) is 0 Å². The van der Waals surface area contributed by atoms with Crippen LogP contribution in [0.25, 0.3) is 0 Å². The highest BCUT2D eigenvalue weighted by Gasteiger charge is 2.16. The molecule has 0 aliphatic carbocycles. The van der Waals surface area contributed by atoms with E-state index in [0.717, 1.165) is 0 Å². The molecule has 0 spiro atoms. The number of rotatable bonds is 5. The van der Waals surface area contributed by atoms with Crippen LogP contribution in [0.4, 0.5) is 10.1 Å². The minimum atomic E-state index is -0.799. The third-order valence-corrected chi connectivity index (χ3v) is 2.43. The van der Waals surface area contributed by atoms with Crippen LogP contribution >= 0.6 is 0 Å². The molecule has 0 saturated heterocycles. The highest BCUT2D eigenvalue weighted by molar-refractivity contribution is 5.94. The quantitative estimate of drug-likeness (QED) is 0.727. The standard InChI is InChI=1S/C12H17FN2O2/c1-12(2,7-16)6-15-8-3-4-10(13)9(5-8)11(14)17/h3-5,15-16H,6-7H2,1-2H3,(H2,14,17). The lowest BCUT2D eigenvalue weighted by Gasteiger charge is -2.22. The number of primary amides is 1. The van der Waals surface area contributed by atoms with Crippen molar-refractivity contribution < 1.29 is 14.3 Å². The molecule has 0 aliphatic heterocycles. The molecular formula is C12H17FN2O2. The van der Waals surface area contributed by atoms with Crippen molar-refractivity contribution >= 4 is 11.6 Å². The molecule has 0 atom stereocenters. The van der Waals surface area contributed by atoms with E-state index in [1.54, 1.807) is 0 Å². The van der Waals surface area contributed by atoms with E-state index in [4.69, 9.17) is 10.8 Å². The normalized spacial score (nSPS) is 11.3. The molecule has 0 saturated carbocycles. The molecule has 0 aliphatic rings. The first-order chi connectivity index (χ1) is 7.85. The number of hydrogen-bond donors (Lipinski definition) is 3. The molecule has 94 valence electrons. The van der Waals surface area contributed by atoms with Crippen LogP contribution in [0.5, 0.6) is 0 Å². The summed E-state index contributed by atoms with van der Waals surface area (Å²) < 4.78 is 13.2. The number of amides is 1. The van der Waals surface area contributed by atoms with Crippen molar-refractivity contribution in [3.63, 3.8) is 0 Å². The summed E-state index contributed by atoms with van der Waals surface area (Å²) in [5.74, 6) is -1.43. The topological polar surface area (TPSA) is 75.3 Å². The second-order valence-electron chi connectivity index (χ2n) is 4.73. The van der Waals surface area contributed by atoms with Crippen LogP contribution < -0.4 is 11.1 Å². The van der Waals surface area contributed by atoms with E-state index in [1.165, 1.54) is 18.2 Å². The predicted molar refractivity (Wildman–Crippen MR) is 64.3 cm³/mol. The summed E-state index contributed by atoms with van der Waals surface area (Å²) in [7, 11) is 0. The minimum Gasteiger partial charge on any atom is -0.396 e. The number of hydrogen-bond acceptors (Lipinski definition) is 3. The monoisotopic (exact) mass is 240 g/mol. The summed E-state index contributed by atoms with van der Waals surface area (Å²) in [4.78, 5) is 10.9. The molecule has 17 heavy (non-hydrogen) atoms. The number of carbonyl (C=O) groups is 1. The van der Waals surface area contributed by atoms with Gasteiger partial charge in [0.2, 0.25) is 0 Å². The van der Waals surface area contributed by atoms with Gasteiger partial charge in [0.05, 0.1) is 5.56 Å². The molecule has 4 nitrogen and oxygen atoms in total. The molecule has 1 rings (SSSR count). The van der Waals surface area contributed by atoms with Gasteiger partial charge in [-0.25, -0.2) is 4.39 Å². The number of benzene rings is 1. The first-order valence-corrected chi connectivity index (χ1v) is 5.30. The molecule has 1 aromatic carbocycles. The van der Waals surface area contributed by atoms with Crippen molar-refractivity contribution in [3.05, 3.63) is 29.6 Å². The van der Waals surface area contributed by atoms with Crippen molar-refractivity contribution in [3.8, 4) is 0 Å². The molecule has 0 unspecified atom stereocenters. The molecule has 0 radical (unpaired) electrons. The summed E-state index contributed by atoms with van der Waals surface area (Å²) in [5, 5.41) is 12.1. The second kappa shape index (κ2) is 5.14. The van der Waals surface area contributed by atoms with Crippen LogP contribution in [0.15, 0.2) is 18.2 Å². The molecule has 5 heteroatoms. The van der Waals surface area contributed by atoms with Crippen molar-refractivity contribution in [2.24, 2.45) is 11.1 Å². The van der Waals surface area contributed by atoms with Crippen LogP contribution in [0.1, 0.15) is 24.2 Å². The Balaban J connectivity index is 2.80. The van der Waals surface area contributed by atoms with Crippen molar-refractivity contribution in [1.29, 1.82) is 0 Å². The van der Waals surface area contributed by atoms with E-state index in [-0.39, 0.29) is 17.6 Å². The Morgan fingerprint density at radius 3 is 2.71 bits per heavy atom. The molecule has 0 heterocycles. The molecule has 1 aromatic rings. The first-order valence-electron chi connectivity index (χ1n) is 5.30. The average Bonchev–Trinajstić information content (AvgIpc) is 2.27. The van der Waals surface area contributed by atoms with Gasteiger partial charge in [-0.1, -0.05) is 13.8 Å². The molecule has 4 N–H and O–H groups in total. The lowest BCUT2D eigenvalue weighted by atomic mass is 9.95. The van der Waals surface area contributed by atoms with E-state index < -0.39 is 11.7 Å². The van der Waals surface area contributed by atoms with Gasteiger partial charge in [0.15, 0.2) is 0 Å². The highest BCUT2D eigenvalue weighted by atomic mass is 19.1. The fraction of sp³-hybridized carbons (Fsp3) is 0.417. The number of carbonyl (C=O) groups excluding carboxylic acids is 1. The maximum atomic E-state index is 13.2. The van der Waals surface area contributed by atoms with Gasteiger partial charge in [-0.15, -0.1) is 0 Å². The van der Waals surface area contributed by atoms with Crippen molar-refractivity contribution in [2.45, 2.75) is 13.8 Å². The zero-order valence-electron chi connectivity index (χ0n) is 9.96. The summed E-state index contributed by atoms with van der Waals surface area (Å²) in [6.07, 6.45) is 0. The molecule has 0 bridgehead atoms. The molecular weight excluding hydrogens is 223 g/mol. The Morgan fingerprint density at radius 2 is 2.18 bits per heavy atom. The zero-order chi connectivity index (χ0) is 13.1. The van der Waals surface area contributed by atoms with E-state index in [2.05, 4.69) is 5.32 Å². The molecule has 0 fully saturated rings. The van der Waals surface area contributed by atoms with E-state index in [1.807, 2.05) is 13.8 Å². The SMILES string of the molecule is CC(C)(CO)CNc1ccc(F)c(C(N)=O)c1. The Hall–Kier alpha value is -1.62. The Morgan fingerprint density at radius 1 is 1.53 bits per heavy atom. The Labute approximate surface area is 99.6 Å². The summed E-state index contributed by atoms with van der Waals surface area (Å²) >= 11 is 0. The smallest absolute Gasteiger partial charge is 0.251 e. The van der Waals surface area contributed by atoms with Gasteiger partial charge in [0.1, 0.15) is 5.82 Å². The van der Waals surface area contributed by atoms with Gasteiger partial charge >= 0.3 is 0 Å². The van der Waals surface area contributed by atoms with E-state index in [0.29, 0.717) is 12.2 Å². The predicted octanol–water partition coefficient (Wildman–Crippen LogP) is 1.35. The Bertz CT molecular complexity index is 419. The number of aliphatic hydroxyl groups is 1. The van der Waals surface area contributed by atoms with Crippen LogP contribution in [-0.4, -0.2) is 24.2 Å². The van der Waals surface area contributed by atoms with Crippen LogP contribution in [-0.2, 0) is 0 Å². The summed E-state index contributed by atoms with van der Waals surface area (Å²) in [6, 6.07) is 4.08. The Kier molecular flexibility index (Phi) is 4.07. The third-order valence-electron chi connectivity index (χ3n) is 2.43. The first kappa shape index (κ1) is 13.4. The van der Waals surface area contributed by atoms with E-state index in [9.17, 15) is 9.18 Å². The highest BCUT2D eigenvalue weighted by Crippen LogP contribution is 2.18. The van der Waals surface area contributed by atoms with Gasteiger partial charge in [0, 0.05) is 24.3 Å². The van der Waals surface area contributed by atoms with Crippen LogP contribution in [0, 0.1) is 11.2 Å². The number of halogens is 1. The van der Waals surface area contributed by atoms with Crippen LogP contribution in [0.3, 0.4) is 0 Å². The fourth-order valence-corrected chi connectivity index (χ4v) is 1.22. The summed E-state index contributed by atoms with van der Waals surface area (Å²) in [6.45, 7) is 4.31. The maximum Gasteiger partial charge on any atom is 0.251 e. The zero-order valence-corrected chi connectivity index (χ0v) is 9.96. The van der Waals surface area contributed by atoms with Gasteiger partial charge in [-0.05, 0) is 18.2 Å². The molecule has 1 amide bonds. The van der Waals surface area contributed by atoms with E-state index >= 15 is 0 Å². The average molecular weight is 240 g/mol. The number of aliphatic hydroxyl groups excluding tert-OH is 1.